The molecule has 0 aliphatic carbocycles. The molecule has 0 N–H and O–H groups in total. The average molecular weight is 429 g/mol. The van der Waals surface area contributed by atoms with Crippen molar-refractivity contribution in [2.45, 2.75) is 25.7 Å². The van der Waals surface area contributed by atoms with Crippen molar-refractivity contribution in [2.75, 3.05) is 33.2 Å². The monoisotopic (exact) mass is 428 g/mol. The molecule has 1 fully saturated rings. The summed E-state index contributed by atoms with van der Waals surface area (Å²) in [6, 6.07) is 13.1. The number of piperidine rings is 1. The van der Waals surface area contributed by atoms with Crippen LogP contribution in [-0.4, -0.2) is 63.7 Å². The molecule has 0 saturated carbocycles. The van der Waals surface area contributed by atoms with Crippen LogP contribution in [0.2, 0.25) is 0 Å². The number of aromatic nitrogens is 3. The molecule has 0 unspecified atom stereocenters. The molecular weight excluding hydrogens is 400 g/mol. The van der Waals surface area contributed by atoms with Gasteiger partial charge in [-0.15, -0.1) is 0 Å². The first-order valence-electron chi connectivity index (χ1n) is 11.1. The van der Waals surface area contributed by atoms with Crippen LogP contribution in [0.25, 0.3) is 16.9 Å². The van der Waals surface area contributed by atoms with Gasteiger partial charge in [0, 0.05) is 31.5 Å². The summed E-state index contributed by atoms with van der Waals surface area (Å²) >= 11 is 0. The van der Waals surface area contributed by atoms with E-state index in [1.807, 2.05) is 31.4 Å². The number of nitriles is 1. The number of likely N-dealkylation sites (tertiary alicyclic amines) is 1. The molecule has 1 aliphatic rings. The van der Waals surface area contributed by atoms with E-state index in [-0.39, 0.29) is 5.91 Å². The first-order valence-corrected chi connectivity index (χ1v) is 11.1. The van der Waals surface area contributed by atoms with Gasteiger partial charge in [-0.1, -0.05) is 18.6 Å². The molecule has 7 heteroatoms. The third-order valence-electron chi connectivity index (χ3n) is 5.92. The summed E-state index contributed by atoms with van der Waals surface area (Å²) < 4.78 is 1.68. The fourth-order valence-electron chi connectivity index (χ4n) is 4.02. The van der Waals surface area contributed by atoms with Crippen molar-refractivity contribution in [3.8, 4) is 23.0 Å². The van der Waals surface area contributed by atoms with E-state index in [9.17, 15) is 4.79 Å². The first kappa shape index (κ1) is 21.7. The summed E-state index contributed by atoms with van der Waals surface area (Å²) in [5.74, 6) is 0.635. The van der Waals surface area contributed by atoms with E-state index in [1.54, 1.807) is 40.2 Å². The number of hydrogen-bond donors (Lipinski definition) is 0. The molecule has 164 valence electrons. The maximum Gasteiger partial charge on any atom is 0.255 e. The lowest BCUT2D eigenvalue weighted by atomic mass is 10.1. The number of rotatable bonds is 7. The number of amides is 1. The molecule has 1 amide bonds. The lowest BCUT2D eigenvalue weighted by Gasteiger charge is -2.27. The lowest BCUT2D eigenvalue weighted by molar-refractivity contribution is 0.0786. The summed E-state index contributed by atoms with van der Waals surface area (Å²) in [7, 11) is 1.85. The summed E-state index contributed by atoms with van der Waals surface area (Å²) in [6.07, 6.45) is 10.2. The Kier molecular flexibility index (Phi) is 6.93. The third-order valence-corrected chi connectivity index (χ3v) is 5.92. The normalized spacial score (nSPS) is 14.1. The molecule has 0 atom stereocenters. The highest BCUT2D eigenvalue weighted by atomic mass is 16.2. The van der Waals surface area contributed by atoms with Crippen molar-refractivity contribution in [3.05, 3.63) is 66.1 Å². The maximum atomic E-state index is 12.7. The quantitative estimate of drug-likeness (QED) is 0.573. The molecule has 3 aromatic rings. The van der Waals surface area contributed by atoms with Crippen molar-refractivity contribution in [2.24, 2.45) is 0 Å². The van der Waals surface area contributed by atoms with Crippen LogP contribution < -0.4 is 0 Å². The topological polar surface area (TPSA) is 78.0 Å². The van der Waals surface area contributed by atoms with Gasteiger partial charge in [0.1, 0.15) is 0 Å². The van der Waals surface area contributed by atoms with E-state index in [0.717, 1.165) is 30.6 Å². The van der Waals surface area contributed by atoms with Crippen LogP contribution in [0.4, 0.5) is 0 Å². The van der Waals surface area contributed by atoms with Crippen LogP contribution in [0.3, 0.4) is 0 Å². The van der Waals surface area contributed by atoms with E-state index >= 15 is 0 Å². The van der Waals surface area contributed by atoms with Crippen LogP contribution in [0.5, 0.6) is 0 Å². The molecule has 32 heavy (non-hydrogen) atoms. The minimum absolute atomic E-state index is 0.0126. The molecule has 1 aliphatic heterocycles. The number of pyridine rings is 1. The SMILES string of the molecule is CN(CCCN1CCCCC1)C(=O)c1ccc(-n2cc(-c3ccc(C#N)cc3)cn2)nc1. The van der Waals surface area contributed by atoms with Gasteiger partial charge in [0.05, 0.1) is 23.4 Å². The van der Waals surface area contributed by atoms with E-state index in [1.165, 1.54) is 32.4 Å². The Hall–Kier alpha value is -3.50. The number of benzene rings is 1. The minimum atomic E-state index is -0.0126. The standard InChI is InChI=1S/C25H28N6O/c1-29(12-5-15-30-13-3-2-4-14-30)25(32)22-10-11-24(27-17-22)31-19-23(18-28-31)21-8-6-20(16-26)7-9-21/h6-11,17-19H,2-5,12-15H2,1H3. The molecule has 1 saturated heterocycles. The van der Waals surface area contributed by atoms with E-state index in [4.69, 9.17) is 5.26 Å². The highest BCUT2D eigenvalue weighted by molar-refractivity contribution is 5.93. The van der Waals surface area contributed by atoms with Crippen LogP contribution in [-0.2, 0) is 0 Å². The summed E-state index contributed by atoms with van der Waals surface area (Å²) in [5.41, 5.74) is 3.12. The molecule has 7 nitrogen and oxygen atoms in total. The fraction of sp³-hybridized carbons (Fsp3) is 0.360. The second-order valence-corrected chi connectivity index (χ2v) is 8.25. The van der Waals surface area contributed by atoms with E-state index in [0.29, 0.717) is 16.9 Å². The third kappa shape index (κ3) is 5.21. The Labute approximate surface area is 188 Å². The molecule has 1 aromatic carbocycles. The van der Waals surface area contributed by atoms with Crippen molar-refractivity contribution in [1.82, 2.24) is 24.6 Å². The Morgan fingerprint density at radius 3 is 2.53 bits per heavy atom. The van der Waals surface area contributed by atoms with Crippen LogP contribution >= 0.6 is 0 Å². The largest absolute Gasteiger partial charge is 0.342 e. The second kappa shape index (κ2) is 10.2. The van der Waals surface area contributed by atoms with Gasteiger partial charge in [-0.25, -0.2) is 9.67 Å². The number of carbonyl (C=O) groups is 1. The number of carbonyl (C=O) groups excluding carboxylic acids is 1. The highest BCUT2D eigenvalue weighted by Crippen LogP contribution is 2.20. The molecule has 2 aromatic heterocycles. The summed E-state index contributed by atoms with van der Waals surface area (Å²) in [4.78, 5) is 21.5. The zero-order valence-electron chi connectivity index (χ0n) is 18.4. The first-order chi connectivity index (χ1) is 15.6. The molecule has 4 rings (SSSR count). The smallest absolute Gasteiger partial charge is 0.255 e. The molecule has 0 bridgehead atoms. The van der Waals surface area contributed by atoms with Gasteiger partial charge < -0.3 is 9.80 Å². The minimum Gasteiger partial charge on any atom is -0.342 e. The van der Waals surface area contributed by atoms with Gasteiger partial charge in [0.2, 0.25) is 0 Å². The van der Waals surface area contributed by atoms with Crippen molar-refractivity contribution in [1.29, 1.82) is 5.26 Å². The molecule has 3 heterocycles. The van der Waals surface area contributed by atoms with Crippen LogP contribution in [0, 0.1) is 11.3 Å². The molecular formula is C25H28N6O. The molecule has 0 radical (unpaired) electrons. The zero-order valence-corrected chi connectivity index (χ0v) is 18.4. The van der Waals surface area contributed by atoms with Crippen LogP contribution in [0.15, 0.2) is 55.0 Å². The summed E-state index contributed by atoms with van der Waals surface area (Å²) in [6.45, 7) is 4.16. The van der Waals surface area contributed by atoms with Crippen molar-refractivity contribution in [3.63, 3.8) is 0 Å². The zero-order chi connectivity index (χ0) is 22.3. The van der Waals surface area contributed by atoms with Gasteiger partial charge >= 0.3 is 0 Å². The maximum absolute atomic E-state index is 12.7. The van der Waals surface area contributed by atoms with Gasteiger partial charge in [0.25, 0.3) is 5.91 Å². The van der Waals surface area contributed by atoms with Gasteiger partial charge in [-0.2, -0.15) is 10.4 Å². The highest BCUT2D eigenvalue weighted by Gasteiger charge is 2.14. The predicted molar refractivity (Wildman–Crippen MR) is 123 cm³/mol. The number of hydrogen-bond acceptors (Lipinski definition) is 5. The van der Waals surface area contributed by atoms with Gasteiger partial charge in [0.15, 0.2) is 5.82 Å². The Morgan fingerprint density at radius 2 is 1.84 bits per heavy atom. The van der Waals surface area contributed by atoms with Crippen molar-refractivity contribution < 1.29 is 4.79 Å². The van der Waals surface area contributed by atoms with Gasteiger partial charge in [-0.3, -0.25) is 4.79 Å². The van der Waals surface area contributed by atoms with Crippen LogP contribution in [0.1, 0.15) is 41.6 Å². The molecule has 0 spiro atoms. The predicted octanol–water partition coefficient (Wildman–Crippen LogP) is 3.75. The van der Waals surface area contributed by atoms with E-state index in [2.05, 4.69) is 21.1 Å². The number of nitrogens with zero attached hydrogens (tertiary/aromatic N) is 6. The average Bonchev–Trinajstić information content (AvgIpc) is 3.35. The Bertz CT molecular complexity index is 1070. The fourth-order valence-corrected chi connectivity index (χ4v) is 4.02. The Balaban J connectivity index is 1.34. The lowest BCUT2D eigenvalue weighted by Crippen LogP contribution is -2.34. The van der Waals surface area contributed by atoms with E-state index < -0.39 is 0 Å². The Morgan fingerprint density at radius 1 is 1.06 bits per heavy atom. The van der Waals surface area contributed by atoms with Gasteiger partial charge in [-0.05, 0) is 68.7 Å². The summed E-state index contributed by atoms with van der Waals surface area (Å²) in [5, 5.41) is 13.3. The second-order valence-electron chi connectivity index (χ2n) is 8.25. The van der Waals surface area contributed by atoms with Crippen molar-refractivity contribution >= 4 is 5.91 Å².